The van der Waals surface area contributed by atoms with Crippen LogP contribution in [0.15, 0.2) is 36.9 Å². The molecule has 0 spiro atoms. The fourth-order valence-corrected chi connectivity index (χ4v) is 2.90. The third kappa shape index (κ3) is 4.96. The Kier molecular flexibility index (Phi) is 6.13. The summed E-state index contributed by atoms with van der Waals surface area (Å²) in [6.07, 6.45) is -0.939. The minimum absolute atomic E-state index is 0.0636. The van der Waals surface area contributed by atoms with E-state index in [1.54, 1.807) is 6.92 Å². The van der Waals surface area contributed by atoms with Crippen LogP contribution in [0.3, 0.4) is 0 Å². The summed E-state index contributed by atoms with van der Waals surface area (Å²) < 4.78 is 41.5. The highest BCUT2D eigenvalue weighted by molar-refractivity contribution is 5.95. The molecule has 0 saturated heterocycles. The van der Waals surface area contributed by atoms with Crippen molar-refractivity contribution in [3.8, 4) is 18.0 Å². The maximum Gasteiger partial charge on any atom is 0.416 e. The van der Waals surface area contributed by atoms with E-state index in [-0.39, 0.29) is 28.5 Å². The fraction of sp³-hybridized carbons (Fsp3) is 0.286. The van der Waals surface area contributed by atoms with Gasteiger partial charge in [-0.05, 0) is 44.5 Å². The van der Waals surface area contributed by atoms with Crippen LogP contribution >= 0.6 is 0 Å². The number of alkyl halides is 3. The van der Waals surface area contributed by atoms with Gasteiger partial charge in [-0.1, -0.05) is 0 Å². The third-order valence-corrected chi connectivity index (χ3v) is 4.80. The normalized spacial score (nSPS) is 12.5. The lowest BCUT2D eigenvalue weighted by atomic mass is 9.84. The van der Waals surface area contributed by atoms with E-state index in [0.29, 0.717) is 0 Å². The maximum absolute atomic E-state index is 13.4. The molecule has 2 heterocycles. The SMILES string of the molecule is C[C@H](NC(=O)c1cc(C(F)(F)F)cc(C(C)(C)C#N)c1)c1ncnn1-c1cnc(C#N)cn1. The van der Waals surface area contributed by atoms with Gasteiger partial charge >= 0.3 is 6.18 Å². The van der Waals surface area contributed by atoms with Crippen LogP contribution in [-0.2, 0) is 11.6 Å². The Morgan fingerprint density at radius 1 is 1.09 bits per heavy atom. The van der Waals surface area contributed by atoms with Crippen molar-refractivity contribution in [1.82, 2.24) is 30.0 Å². The molecule has 33 heavy (non-hydrogen) atoms. The highest BCUT2D eigenvalue weighted by Gasteiger charge is 2.34. The molecule has 1 atom stereocenters. The van der Waals surface area contributed by atoms with Crippen LogP contribution in [0.1, 0.15) is 59.8 Å². The molecule has 0 bridgehead atoms. The first-order chi connectivity index (χ1) is 15.5. The highest BCUT2D eigenvalue weighted by atomic mass is 19.4. The number of nitriles is 2. The zero-order valence-electron chi connectivity index (χ0n) is 17.7. The Morgan fingerprint density at radius 3 is 2.36 bits per heavy atom. The predicted octanol–water partition coefficient (Wildman–Crippen LogP) is 3.24. The van der Waals surface area contributed by atoms with Crippen LogP contribution in [-0.4, -0.2) is 30.6 Å². The largest absolute Gasteiger partial charge is 0.416 e. The fourth-order valence-electron chi connectivity index (χ4n) is 2.90. The molecule has 0 fully saturated rings. The second kappa shape index (κ2) is 8.67. The second-order valence-corrected chi connectivity index (χ2v) is 7.63. The molecule has 1 amide bonds. The number of aromatic nitrogens is 5. The predicted molar refractivity (Wildman–Crippen MR) is 108 cm³/mol. The third-order valence-electron chi connectivity index (χ3n) is 4.80. The summed E-state index contributed by atoms with van der Waals surface area (Å²) in [5, 5.41) is 24.8. The van der Waals surface area contributed by atoms with E-state index in [1.807, 2.05) is 12.1 Å². The van der Waals surface area contributed by atoms with Crippen molar-refractivity contribution in [2.24, 2.45) is 0 Å². The molecule has 3 rings (SSSR count). The first kappa shape index (κ1) is 23.3. The Hall–Kier alpha value is -4.32. The number of halogens is 3. The average molecular weight is 454 g/mol. The first-order valence-corrected chi connectivity index (χ1v) is 9.53. The summed E-state index contributed by atoms with van der Waals surface area (Å²) in [4.78, 5) is 24.9. The number of rotatable bonds is 5. The van der Waals surface area contributed by atoms with Gasteiger partial charge in [0.25, 0.3) is 5.91 Å². The maximum atomic E-state index is 13.4. The van der Waals surface area contributed by atoms with Gasteiger partial charge < -0.3 is 5.32 Å². The van der Waals surface area contributed by atoms with Crippen LogP contribution in [0.2, 0.25) is 0 Å². The number of benzene rings is 1. The van der Waals surface area contributed by atoms with Crippen LogP contribution in [0.4, 0.5) is 13.2 Å². The van der Waals surface area contributed by atoms with Crippen molar-refractivity contribution in [3.05, 3.63) is 65.1 Å². The number of carbonyl (C=O) groups is 1. The summed E-state index contributed by atoms with van der Waals surface area (Å²) in [5.74, 6) is -0.310. The topological polar surface area (TPSA) is 133 Å². The van der Waals surface area contributed by atoms with Gasteiger partial charge in [0.05, 0.1) is 35.5 Å². The summed E-state index contributed by atoms with van der Waals surface area (Å²) in [7, 11) is 0. The van der Waals surface area contributed by atoms with Gasteiger partial charge in [0.1, 0.15) is 12.4 Å². The van der Waals surface area contributed by atoms with Gasteiger partial charge in [0.2, 0.25) is 0 Å². The first-order valence-electron chi connectivity index (χ1n) is 9.53. The zero-order valence-corrected chi connectivity index (χ0v) is 17.7. The van der Waals surface area contributed by atoms with E-state index in [0.717, 1.165) is 12.1 Å². The molecule has 0 radical (unpaired) electrons. The summed E-state index contributed by atoms with van der Waals surface area (Å²) in [5.41, 5.74) is -2.36. The lowest BCUT2D eigenvalue weighted by Crippen LogP contribution is -2.29. The van der Waals surface area contributed by atoms with Gasteiger partial charge in [-0.25, -0.2) is 15.0 Å². The van der Waals surface area contributed by atoms with Crippen molar-refractivity contribution >= 4 is 5.91 Å². The van der Waals surface area contributed by atoms with Crippen molar-refractivity contribution in [3.63, 3.8) is 0 Å². The van der Waals surface area contributed by atoms with Gasteiger partial charge in [0, 0.05) is 5.56 Å². The van der Waals surface area contributed by atoms with Gasteiger partial charge in [-0.3, -0.25) is 4.79 Å². The zero-order chi connectivity index (χ0) is 24.4. The summed E-state index contributed by atoms with van der Waals surface area (Å²) in [6, 6.07) is 5.86. The molecule has 168 valence electrons. The number of nitrogens with one attached hydrogen (secondary N) is 1. The quantitative estimate of drug-likeness (QED) is 0.626. The number of hydrogen-bond donors (Lipinski definition) is 1. The van der Waals surface area contributed by atoms with Crippen LogP contribution in [0, 0.1) is 22.7 Å². The van der Waals surface area contributed by atoms with E-state index < -0.39 is 29.1 Å². The Morgan fingerprint density at radius 2 is 1.79 bits per heavy atom. The number of nitrogens with zero attached hydrogens (tertiary/aromatic N) is 7. The monoisotopic (exact) mass is 454 g/mol. The van der Waals surface area contributed by atoms with Gasteiger partial charge in [-0.15, -0.1) is 0 Å². The van der Waals surface area contributed by atoms with Crippen molar-refractivity contribution in [2.75, 3.05) is 0 Å². The highest BCUT2D eigenvalue weighted by Crippen LogP contribution is 2.34. The molecule has 12 heteroatoms. The Bertz CT molecular complexity index is 1270. The molecular formula is C21H17F3N8O. The van der Waals surface area contributed by atoms with Crippen LogP contribution < -0.4 is 5.32 Å². The van der Waals surface area contributed by atoms with Crippen LogP contribution in [0.5, 0.6) is 0 Å². The minimum atomic E-state index is -4.70. The molecule has 0 saturated carbocycles. The van der Waals surface area contributed by atoms with E-state index in [1.165, 1.54) is 43.3 Å². The average Bonchev–Trinajstić information content (AvgIpc) is 3.28. The molecule has 0 aliphatic rings. The Balaban J connectivity index is 1.92. The lowest BCUT2D eigenvalue weighted by molar-refractivity contribution is -0.137. The molecule has 9 nitrogen and oxygen atoms in total. The second-order valence-electron chi connectivity index (χ2n) is 7.63. The summed E-state index contributed by atoms with van der Waals surface area (Å²) in [6.45, 7) is 4.50. The molecule has 1 aromatic carbocycles. The molecule has 3 aromatic rings. The Labute approximate surface area is 186 Å². The number of hydrogen-bond acceptors (Lipinski definition) is 7. The number of amides is 1. The molecule has 1 N–H and O–H groups in total. The summed E-state index contributed by atoms with van der Waals surface area (Å²) >= 11 is 0. The van der Waals surface area contributed by atoms with E-state index in [4.69, 9.17) is 5.26 Å². The molecule has 2 aromatic heterocycles. The van der Waals surface area contributed by atoms with Crippen molar-refractivity contribution < 1.29 is 18.0 Å². The minimum Gasteiger partial charge on any atom is -0.342 e. The van der Waals surface area contributed by atoms with Gasteiger partial charge in [-0.2, -0.15) is 33.5 Å². The molecule has 0 aliphatic carbocycles. The molecular weight excluding hydrogens is 437 g/mol. The van der Waals surface area contributed by atoms with E-state index >= 15 is 0 Å². The van der Waals surface area contributed by atoms with Crippen LogP contribution in [0.25, 0.3) is 5.82 Å². The number of carbonyl (C=O) groups excluding carboxylic acids is 1. The molecule has 0 unspecified atom stereocenters. The van der Waals surface area contributed by atoms with Crippen molar-refractivity contribution in [1.29, 1.82) is 10.5 Å². The standard InChI is InChI=1S/C21H17F3N8O/c1-12(18-29-11-30-32(18)17-9-27-16(7-25)8-28-17)31-19(33)13-4-14(20(2,3)10-26)6-15(5-13)21(22,23)24/h4-6,8-9,11-12H,1-3H3,(H,31,33)/t12-/m0/s1. The molecule has 0 aliphatic heterocycles. The van der Waals surface area contributed by atoms with E-state index in [9.17, 15) is 23.2 Å². The lowest BCUT2D eigenvalue weighted by Gasteiger charge is -2.20. The smallest absolute Gasteiger partial charge is 0.342 e. The van der Waals surface area contributed by atoms with Gasteiger partial charge in [0.15, 0.2) is 17.3 Å². The van der Waals surface area contributed by atoms with E-state index in [2.05, 4.69) is 25.4 Å². The van der Waals surface area contributed by atoms with Crippen molar-refractivity contribution in [2.45, 2.75) is 38.4 Å².